The maximum atomic E-state index is 9.64. The van der Waals surface area contributed by atoms with Crippen LogP contribution in [0.1, 0.15) is 12.8 Å². The van der Waals surface area contributed by atoms with Crippen LogP contribution >= 0.6 is 0 Å². The van der Waals surface area contributed by atoms with Crippen molar-refractivity contribution in [2.75, 3.05) is 26.3 Å². The highest BCUT2D eigenvalue weighted by molar-refractivity contribution is 5.75. The minimum absolute atomic E-state index is 0.0972. The summed E-state index contributed by atoms with van der Waals surface area (Å²) in [5, 5.41) is 31.3. The third kappa shape index (κ3) is 53.1. The molecule has 0 aromatic rings. The second-order valence-electron chi connectivity index (χ2n) is 2.31. The SMILES string of the molecule is NCCO.NCCO.O=C(O)CCC(=O)O. The van der Waals surface area contributed by atoms with Gasteiger partial charge in [0.25, 0.3) is 0 Å². The van der Waals surface area contributed by atoms with E-state index < -0.39 is 11.9 Å². The lowest BCUT2D eigenvalue weighted by Crippen LogP contribution is -2.02. The van der Waals surface area contributed by atoms with Gasteiger partial charge in [-0.15, -0.1) is 0 Å². The lowest BCUT2D eigenvalue weighted by atomic mass is 10.3. The first-order valence-corrected chi connectivity index (χ1v) is 4.51. The van der Waals surface area contributed by atoms with Crippen molar-refractivity contribution in [3.63, 3.8) is 0 Å². The van der Waals surface area contributed by atoms with Gasteiger partial charge in [0.05, 0.1) is 26.1 Å². The Morgan fingerprint density at radius 1 is 0.812 bits per heavy atom. The van der Waals surface area contributed by atoms with Crippen LogP contribution in [-0.4, -0.2) is 58.7 Å². The zero-order chi connectivity index (χ0) is 13.4. The molecule has 0 aliphatic rings. The Labute approximate surface area is 93.5 Å². The summed E-state index contributed by atoms with van der Waals surface area (Å²) in [7, 11) is 0. The standard InChI is InChI=1S/C4H6O4.2C2H7NO/c5-3(6)1-2-4(7)8;2*3-1-2-4/h1-2H2,(H,5,6)(H,7,8);2*4H,1-3H2. The third-order valence-corrected chi connectivity index (χ3v) is 0.811. The van der Waals surface area contributed by atoms with E-state index in [9.17, 15) is 9.59 Å². The Hall–Kier alpha value is -1.22. The van der Waals surface area contributed by atoms with Gasteiger partial charge in [0.15, 0.2) is 0 Å². The molecule has 0 bridgehead atoms. The molecular formula is C8H20N2O6. The number of aliphatic carboxylic acids is 2. The van der Waals surface area contributed by atoms with Gasteiger partial charge in [-0.2, -0.15) is 0 Å². The summed E-state index contributed by atoms with van der Waals surface area (Å²) in [4.78, 5) is 19.3. The van der Waals surface area contributed by atoms with Gasteiger partial charge in [-0.3, -0.25) is 9.59 Å². The smallest absolute Gasteiger partial charge is 0.303 e. The van der Waals surface area contributed by atoms with E-state index in [0.717, 1.165) is 0 Å². The van der Waals surface area contributed by atoms with E-state index in [2.05, 4.69) is 0 Å². The van der Waals surface area contributed by atoms with Crippen LogP contribution in [-0.2, 0) is 9.59 Å². The number of carbonyl (C=O) groups is 2. The number of aliphatic hydroxyl groups is 2. The van der Waals surface area contributed by atoms with Crippen LogP contribution in [0.3, 0.4) is 0 Å². The van der Waals surface area contributed by atoms with E-state index in [0.29, 0.717) is 13.1 Å². The molecule has 8 heteroatoms. The molecule has 0 amide bonds. The van der Waals surface area contributed by atoms with Crippen LogP contribution in [0.15, 0.2) is 0 Å². The van der Waals surface area contributed by atoms with Crippen molar-refractivity contribution in [2.24, 2.45) is 11.5 Å². The van der Waals surface area contributed by atoms with Crippen LogP contribution in [0.2, 0.25) is 0 Å². The quantitative estimate of drug-likeness (QED) is 0.315. The van der Waals surface area contributed by atoms with E-state index in [-0.39, 0.29) is 26.1 Å². The number of rotatable bonds is 5. The molecule has 8 nitrogen and oxygen atoms in total. The Morgan fingerprint density at radius 3 is 1.06 bits per heavy atom. The van der Waals surface area contributed by atoms with Crippen molar-refractivity contribution in [3.05, 3.63) is 0 Å². The fourth-order valence-corrected chi connectivity index (χ4v) is 0.214. The van der Waals surface area contributed by atoms with E-state index in [4.69, 9.17) is 31.9 Å². The molecule has 0 atom stereocenters. The molecule has 16 heavy (non-hydrogen) atoms. The molecule has 8 N–H and O–H groups in total. The van der Waals surface area contributed by atoms with Crippen molar-refractivity contribution in [1.29, 1.82) is 0 Å². The number of carboxylic acids is 2. The Morgan fingerprint density at radius 2 is 1.00 bits per heavy atom. The topological polar surface area (TPSA) is 167 Å². The minimum atomic E-state index is -1.08. The summed E-state index contributed by atoms with van der Waals surface area (Å²) in [5.41, 5.74) is 9.56. The van der Waals surface area contributed by atoms with Crippen molar-refractivity contribution < 1.29 is 30.0 Å². The van der Waals surface area contributed by atoms with E-state index in [1.165, 1.54) is 0 Å². The van der Waals surface area contributed by atoms with Crippen LogP contribution in [0, 0.1) is 0 Å². The average Bonchev–Trinajstić information content (AvgIpc) is 2.27. The predicted molar refractivity (Wildman–Crippen MR) is 56.8 cm³/mol. The summed E-state index contributed by atoms with van der Waals surface area (Å²) >= 11 is 0. The van der Waals surface area contributed by atoms with Gasteiger partial charge in [-0.05, 0) is 0 Å². The molecule has 0 saturated carbocycles. The maximum Gasteiger partial charge on any atom is 0.303 e. The highest BCUT2D eigenvalue weighted by Crippen LogP contribution is 1.86. The molecule has 98 valence electrons. The van der Waals surface area contributed by atoms with Gasteiger partial charge >= 0.3 is 11.9 Å². The zero-order valence-electron chi connectivity index (χ0n) is 9.00. The monoisotopic (exact) mass is 240 g/mol. The van der Waals surface area contributed by atoms with E-state index in [1.807, 2.05) is 0 Å². The zero-order valence-corrected chi connectivity index (χ0v) is 9.00. The molecule has 0 aliphatic carbocycles. The van der Waals surface area contributed by atoms with Crippen LogP contribution in [0.4, 0.5) is 0 Å². The van der Waals surface area contributed by atoms with Crippen molar-refractivity contribution in [3.8, 4) is 0 Å². The van der Waals surface area contributed by atoms with Crippen molar-refractivity contribution in [2.45, 2.75) is 12.8 Å². The molecule has 0 spiro atoms. The van der Waals surface area contributed by atoms with Gasteiger partial charge in [0.1, 0.15) is 0 Å². The third-order valence-electron chi connectivity index (χ3n) is 0.811. The van der Waals surface area contributed by atoms with Gasteiger partial charge in [0.2, 0.25) is 0 Å². The summed E-state index contributed by atoms with van der Waals surface area (Å²) < 4.78 is 0. The number of aliphatic hydroxyl groups excluding tert-OH is 2. The molecule has 0 aliphatic heterocycles. The molecule has 0 rings (SSSR count). The highest BCUT2D eigenvalue weighted by Gasteiger charge is 2.00. The second-order valence-corrected chi connectivity index (χ2v) is 2.31. The van der Waals surface area contributed by atoms with Crippen LogP contribution in [0.5, 0.6) is 0 Å². The predicted octanol–water partition coefficient (Wildman–Crippen LogP) is -2.19. The van der Waals surface area contributed by atoms with Gasteiger partial charge in [-0.1, -0.05) is 0 Å². The number of hydrogen-bond acceptors (Lipinski definition) is 6. The normalized spacial score (nSPS) is 8.00. The fraction of sp³-hybridized carbons (Fsp3) is 0.750. The summed E-state index contributed by atoms with van der Waals surface area (Å²) in [6.45, 7) is 0.944. The largest absolute Gasteiger partial charge is 0.481 e. The number of hydrogen-bond donors (Lipinski definition) is 6. The molecule has 0 radical (unpaired) electrons. The Balaban J connectivity index is -0.000000179. The second kappa shape index (κ2) is 19.4. The van der Waals surface area contributed by atoms with Gasteiger partial charge in [0, 0.05) is 13.1 Å². The first-order chi connectivity index (χ1) is 7.45. The Bertz CT molecular complexity index is 143. The molecule has 0 aromatic heterocycles. The molecule has 0 unspecified atom stereocenters. The Kier molecular flexibility index (Phi) is 24.5. The summed E-state index contributed by atoms with van der Waals surface area (Å²) in [6, 6.07) is 0. The maximum absolute atomic E-state index is 9.64. The lowest BCUT2D eigenvalue weighted by molar-refractivity contribution is -0.143. The first kappa shape index (κ1) is 20.2. The fourth-order valence-electron chi connectivity index (χ4n) is 0.214. The molecule has 0 saturated heterocycles. The van der Waals surface area contributed by atoms with Crippen LogP contribution in [0.25, 0.3) is 0 Å². The van der Waals surface area contributed by atoms with Gasteiger partial charge < -0.3 is 31.9 Å². The van der Waals surface area contributed by atoms with E-state index >= 15 is 0 Å². The van der Waals surface area contributed by atoms with Gasteiger partial charge in [-0.25, -0.2) is 0 Å². The summed E-state index contributed by atoms with van der Waals surface area (Å²) in [6.07, 6.45) is -0.593. The van der Waals surface area contributed by atoms with Crippen molar-refractivity contribution in [1.82, 2.24) is 0 Å². The lowest BCUT2D eigenvalue weighted by Gasteiger charge is -1.85. The number of carboxylic acid groups (broad SMARTS) is 2. The molecule has 0 fully saturated rings. The minimum Gasteiger partial charge on any atom is -0.481 e. The molecular weight excluding hydrogens is 220 g/mol. The molecule has 0 heterocycles. The molecule has 0 aromatic carbocycles. The summed E-state index contributed by atoms with van der Waals surface area (Å²) in [5.74, 6) is -2.15. The van der Waals surface area contributed by atoms with Crippen LogP contribution < -0.4 is 11.5 Å². The average molecular weight is 240 g/mol. The first-order valence-electron chi connectivity index (χ1n) is 4.51. The highest BCUT2D eigenvalue weighted by atomic mass is 16.4. The van der Waals surface area contributed by atoms with E-state index in [1.54, 1.807) is 0 Å². The van der Waals surface area contributed by atoms with Crippen molar-refractivity contribution >= 4 is 11.9 Å². The number of nitrogens with two attached hydrogens (primary N) is 2.